The molecular weight excluding hydrogens is 253 g/mol. The highest BCUT2D eigenvalue weighted by molar-refractivity contribution is 5.37. The summed E-state index contributed by atoms with van der Waals surface area (Å²) in [7, 11) is 0. The van der Waals surface area contributed by atoms with Crippen LogP contribution in [0.1, 0.15) is 44.6 Å². The number of halogens is 1. The summed E-state index contributed by atoms with van der Waals surface area (Å²) in [6.07, 6.45) is 7.39. The molecule has 0 bridgehead atoms. The fraction of sp³-hybridized carbons (Fsp3) is 0.647. The first-order valence-corrected chi connectivity index (χ1v) is 7.94. The summed E-state index contributed by atoms with van der Waals surface area (Å²) in [6, 6.07) is 5.55. The zero-order valence-corrected chi connectivity index (χ0v) is 12.2. The highest BCUT2D eigenvalue weighted by atomic mass is 19.1. The molecule has 1 aliphatic carbocycles. The highest BCUT2D eigenvalue weighted by Gasteiger charge is 2.30. The van der Waals surface area contributed by atoms with Crippen molar-refractivity contribution in [1.82, 2.24) is 5.32 Å². The van der Waals surface area contributed by atoms with E-state index in [1.165, 1.54) is 31.7 Å². The third-order valence-electron chi connectivity index (χ3n) is 4.46. The van der Waals surface area contributed by atoms with Crippen molar-refractivity contribution in [3.05, 3.63) is 29.6 Å². The molecule has 1 aromatic rings. The monoisotopic (exact) mass is 277 g/mol. The van der Waals surface area contributed by atoms with Crippen LogP contribution in [0.5, 0.6) is 5.75 Å². The van der Waals surface area contributed by atoms with Crippen molar-refractivity contribution in [2.75, 3.05) is 6.54 Å². The van der Waals surface area contributed by atoms with E-state index < -0.39 is 0 Å². The predicted molar refractivity (Wildman–Crippen MR) is 78.6 cm³/mol. The predicted octanol–water partition coefficient (Wildman–Crippen LogP) is 3.69. The summed E-state index contributed by atoms with van der Waals surface area (Å²) in [6.45, 7) is 3.24. The van der Waals surface area contributed by atoms with E-state index in [4.69, 9.17) is 4.74 Å². The van der Waals surface area contributed by atoms with Crippen molar-refractivity contribution in [2.45, 2.75) is 57.6 Å². The standard InChI is InChI=1S/C17H24FNO/c1-2-19-16(12-6-7-12)5-3-4-15-11-13-10-14(18)8-9-17(13)20-15/h8-10,12,15-16,19H,2-7,11H2,1H3. The lowest BCUT2D eigenvalue weighted by Crippen LogP contribution is -2.31. The molecule has 0 spiro atoms. The Hall–Kier alpha value is -1.09. The maximum atomic E-state index is 13.2. The average Bonchev–Trinajstić information content (AvgIpc) is 3.19. The fourth-order valence-corrected chi connectivity index (χ4v) is 3.28. The molecule has 0 aromatic heterocycles. The molecule has 2 aliphatic rings. The molecule has 3 heteroatoms. The first-order chi connectivity index (χ1) is 9.76. The number of benzene rings is 1. The molecule has 2 unspecified atom stereocenters. The van der Waals surface area contributed by atoms with Crippen LogP contribution >= 0.6 is 0 Å². The van der Waals surface area contributed by atoms with Gasteiger partial charge in [-0.15, -0.1) is 0 Å². The Balaban J connectivity index is 1.44. The molecule has 0 amide bonds. The van der Waals surface area contributed by atoms with E-state index in [1.54, 1.807) is 12.1 Å². The Kier molecular flexibility index (Phi) is 4.25. The summed E-state index contributed by atoms with van der Waals surface area (Å²) >= 11 is 0. The summed E-state index contributed by atoms with van der Waals surface area (Å²) in [5, 5.41) is 3.60. The second kappa shape index (κ2) is 6.13. The maximum absolute atomic E-state index is 13.2. The third-order valence-corrected chi connectivity index (χ3v) is 4.46. The van der Waals surface area contributed by atoms with Crippen molar-refractivity contribution in [1.29, 1.82) is 0 Å². The van der Waals surface area contributed by atoms with Gasteiger partial charge in [-0.05, 0) is 62.8 Å². The van der Waals surface area contributed by atoms with Gasteiger partial charge in [0.25, 0.3) is 0 Å². The van der Waals surface area contributed by atoms with Gasteiger partial charge in [-0.25, -0.2) is 4.39 Å². The van der Waals surface area contributed by atoms with Gasteiger partial charge < -0.3 is 10.1 Å². The Bertz CT molecular complexity index is 458. The zero-order valence-electron chi connectivity index (χ0n) is 12.2. The Morgan fingerprint density at radius 1 is 1.40 bits per heavy atom. The molecule has 1 aliphatic heterocycles. The second-order valence-corrected chi connectivity index (χ2v) is 6.13. The number of hydrogen-bond acceptors (Lipinski definition) is 2. The van der Waals surface area contributed by atoms with E-state index in [0.717, 1.165) is 36.6 Å². The van der Waals surface area contributed by atoms with E-state index in [1.807, 2.05) is 0 Å². The van der Waals surface area contributed by atoms with Crippen LogP contribution in [0.3, 0.4) is 0 Å². The summed E-state index contributed by atoms with van der Waals surface area (Å²) < 4.78 is 19.1. The number of rotatable bonds is 7. The topological polar surface area (TPSA) is 21.3 Å². The molecule has 2 nitrogen and oxygen atoms in total. The number of hydrogen-bond donors (Lipinski definition) is 1. The van der Waals surface area contributed by atoms with Crippen molar-refractivity contribution in [3.63, 3.8) is 0 Å². The lowest BCUT2D eigenvalue weighted by Gasteiger charge is -2.18. The van der Waals surface area contributed by atoms with E-state index >= 15 is 0 Å². The lowest BCUT2D eigenvalue weighted by atomic mass is 10.0. The normalized spacial score (nSPS) is 22.4. The molecular formula is C17H24FNO. The van der Waals surface area contributed by atoms with Gasteiger partial charge in [0.2, 0.25) is 0 Å². The quantitative estimate of drug-likeness (QED) is 0.820. The zero-order chi connectivity index (χ0) is 13.9. The van der Waals surface area contributed by atoms with Crippen LogP contribution in [-0.2, 0) is 6.42 Å². The summed E-state index contributed by atoms with van der Waals surface area (Å²) in [4.78, 5) is 0. The molecule has 0 saturated heterocycles. The van der Waals surface area contributed by atoms with Crippen LogP contribution < -0.4 is 10.1 Å². The average molecular weight is 277 g/mol. The van der Waals surface area contributed by atoms with Gasteiger partial charge in [0.15, 0.2) is 0 Å². The van der Waals surface area contributed by atoms with Gasteiger partial charge in [0, 0.05) is 18.0 Å². The van der Waals surface area contributed by atoms with Gasteiger partial charge in [0.05, 0.1) is 0 Å². The van der Waals surface area contributed by atoms with Gasteiger partial charge in [-0.2, -0.15) is 0 Å². The largest absolute Gasteiger partial charge is 0.490 e. The first-order valence-electron chi connectivity index (χ1n) is 7.94. The Labute approximate surface area is 120 Å². The number of fused-ring (bicyclic) bond motifs is 1. The summed E-state index contributed by atoms with van der Waals surface area (Å²) in [5.41, 5.74) is 1.03. The molecule has 110 valence electrons. The number of nitrogens with one attached hydrogen (secondary N) is 1. The Morgan fingerprint density at radius 3 is 3.00 bits per heavy atom. The van der Waals surface area contributed by atoms with Crippen LogP contribution in [-0.4, -0.2) is 18.7 Å². The lowest BCUT2D eigenvalue weighted by molar-refractivity contribution is 0.213. The number of ether oxygens (including phenoxy) is 1. The van der Waals surface area contributed by atoms with Crippen LogP contribution in [0.15, 0.2) is 18.2 Å². The highest BCUT2D eigenvalue weighted by Crippen LogP contribution is 2.35. The van der Waals surface area contributed by atoms with Gasteiger partial charge >= 0.3 is 0 Å². The molecule has 1 heterocycles. The van der Waals surface area contributed by atoms with E-state index in [2.05, 4.69) is 12.2 Å². The molecule has 1 aromatic carbocycles. The molecule has 3 rings (SSSR count). The van der Waals surface area contributed by atoms with Crippen molar-refractivity contribution in [3.8, 4) is 5.75 Å². The van der Waals surface area contributed by atoms with Gasteiger partial charge in [-0.1, -0.05) is 6.92 Å². The van der Waals surface area contributed by atoms with Gasteiger partial charge in [-0.3, -0.25) is 0 Å². The van der Waals surface area contributed by atoms with Crippen LogP contribution in [0.4, 0.5) is 4.39 Å². The van der Waals surface area contributed by atoms with E-state index in [0.29, 0.717) is 6.04 Å². The minimum Gasteiger partial charge on any atom is -0.490 e. The van der Waals surface area contributed by atoms with Crippen LogP contribution in [0.25, 0.3) is 0 Å². The van der Waals surface area contributed by atoms with Crippen molar-refractivity contribution < 1.29 is 9.13 Å². The molecule has 1 fully saturated rings. The van der Waals surface area contributed by atoms with Crippen LogP contribution in [0, 0.1) is 11.7 Å². The molecule has 20 heavy (non-hydrogen) atoms. The summed E-state index contributed by atoms with van der Waals surface area (Å²) in [5.74, 6) is 1.63. The molecule has 0 radical (unpaired) electrons. The van der Waals surface area contributed by atoms with E-state index in [9.17, 15) is 4.39 Å². The van der Waals surface area contributed by atoms with Crippen molar-refractivity contribution >= 4 is 0 Å². The maximum Gasteiger partial charge on any atom is 0.123 e. The SMILES string of the molecule is CCNC(CCCC1Cc2cc(F)ccc2O1)C1CC1. The first kappa shape index (κ1) is 13.9. The third kappa shape index (κ3) is 3.32. The van der Waals surface area contributed by atoms with E-state index in [-0.39, 0.29) is 11.9 Å². The molecule has 1 N–H and O–H groups in total. The molecule has 2 atom stereocenters. The molecule has 1 saturated carbocycles. The second-order valence-electron chi connectivity index (χ2n) is 6.13. The minimum atomic E-state index is -0.158. The van der Waals surface area contributed by atoms with Crippen molar-refractivity contribution in [2.24, 2.45) is 5.92 Å². The van der Waals surface area contributed by atoms with Crippen LogP contribution in [0.2, 0.25) is 0 Å². The fourth-order valence-electron chi connectivity index (χ4n) is 3.28. The van der Waals surface area contributed by atoms with Gasteiger partial charge in [0.1, 0.15) is 17.7 Å². The minimum absolute atomic E-state index is 0.158. The Morgan fingerprint density at radius 2 is 2.25 bits per heavy atom. The smallest absolute Gasteiger partial charge is 0.123 e.